The number of ether oxygens (including phenoxy) is 2. The maximum atomic E-state index is 13.5. The van der Waals surface area contributed by atoms with Crippen LogP contribution in [0.1, 0.15) is 79.3 Å². The van der Waals surface area contributed by atoms with Gasteiger partial charge in [0.2, 0.25) is 5.91 Å². The largest absolute Gasteiger partial charge is 0.586 e. The molecule has 0 unspecified atom stereocenters. The van der Waals surface area contributed by atoms with Crippen LogP contribution >= 0.6 is 0 Å². The van der Waals surface area contributed by atoms with Crippen molar-refractivity contribution in [1.82, 2.24) is 10.3 Å². The average molecular weight is 593 g/mol. The van der Waals surface area contributed by atoms with Crippen LogP contribution in [0.4, 0.5) is 14.6 Å². The minimum atomic E-state index is -3.72. The number of aryl methyl sites for hydroxylation is 1. The van der Waals surface area contributed by atoms with E-state index in [1.807, 2.05) is 25.1 Å². The summed E-state index contributed by atoms with van der Waals surface area (Å²) in [5, 5.41) is 5.91. The van der Waals surface area contributed by atoms with Crippen molar-refractivity contribution in [2.75, 3.05) is 18.4 Å². The number of nitrogens with two attached hydrogens (primary N) is 1. The topological polar surface area (TPSA) is 116 Å². The summed E-state index contributed by atoms with van der Waals surface area (Å²) in [6.07, 6.45) is 5.26. The smallest absolute Gasteiger partial charge is 0.395 e. The molecule has 4 N–H and O–H groups in total. The third-order valence-electron chi connectivity index (χ3n) is 8.04. The Balaban J connectivity index is 1.20. The molecule has 3 aromatic rings. The third-order valence-corrected chi connectivity index (χ3v) is 8.04. The first-order chi connectivity index (χ1) is 20.7. The fraction of sp³-hybridized carbons (Fsp3) is 0.424. The number of alkyl halides is 2. The molecule has 1 aliphatic carbocycles. The summed E-state index contributed by atoms with van der Waals surface area (Å²) in [6, 6.07) is 15.3. The fourth-order valence-electron chi connectivity index (χ4n) is 5.41. The predicted octanol–water partition coefficient (Wildman–Crippen LogP) is 6.47. The first-order valence-corrected chi connectivity index (χ1v) is 15.0. The van der Waals surface area contributed by atoms with Gasteiger partial charge in [-0.2, -0.15) is 0 Å². The molecule has 8 nitrogen and oxygen atoms in total. The minimum absolute atomic E-state index is 0.0598. The predicted molar refractivity (Wildman–Crippen MR) is 160 cm³/mol. The Labute approximate surface area is 250 Å². The number of unbranched alkanes of at least 4 members (excludes halogenated alkanes) is 6. The van der Waals surface area contributed by atoms with E-state index in [-0.39, 0.29) is 23.3 Å². The molecular weight excluding hydrogens is 554 g/mol. The third kappa shape index (κ3) is 7.30. The Morgan fingerprint density at radius 3 is 2.37 bits per heavy atom. The van der Waals surface area contributed by atoms with Gasteiger partial charge in [0.25, 0.3) is 5.91 Å². The normalized spacial score (nSPS) is 15.6. The SMILES string of the molecule is Cc1ccc(NC(=O)C2(c3ccc4c(c3)OC(F)(F)O4)CC2)nc1-c1cccc(C(=O)NCCCCCCCCCN)c1. The monoisotopic (exact) mass is 592 g/mol. The zero-order valence-electron chi connectivity index (χ0n) is 24.4. The summed E-state index contributed by atoms with van der Waals surface area (Å²) >= 11 is 0. The highest BCUT2D eigenvalue weighted by atomic mass is 19.3. The second-order valence-electron chi connectivity index (χ2n) is 11.3. The van der Waals surface area contributed by atoms with Crippen LogP contribution in [0.15, 0.2) is 54.6 Å². The van der Waals surface area contributed by atoms with E-state index in [2.05, 4.69) is 20.1 Å². The average Bonchev–Trinajstić information content (AvgIpc) is 3.74. The summed E-state index contributed by atoms with van der Waals surface area (Å²) < 4.78 is 36.0. The van der Waals surface area contributed by atoms with Crippen LogP contribution < -0.4 is 25.8 Å². The molecule has 2 aromatic carbocycles. The highest BCUT2D eigenvalue weighted by molar-refractivity contribution is 6.01. The van der Waals surface area contributed by atoms with Gasteiger partial charge in [-0.15, -0.1) is 8.78 Å². The van der Waals surface area contributed by atoms with E-state index in [0.29, 0.717) is 42.0 Å². The lowest BCUT2D eigenvalue weighted by Gasteiger charge is -2.17. The van der Waals surface area contributed by atoms with Crippen LogP contribution in [0.5, 0.6) is 11.5 Å². The van der Waals surface area contributed by atoms with E-state index in [1.165, 1.54) is 31.4 Å². The summed E-state index contributed by atoms with van der Waals surface area (Å²) in [5.74, 6) is -0.194. The molecule has 43 heavy (non-hydrogen) atoms. The number of aromatic nitrogens is 1. The molecule has 0 bridgehead atoms. The van der Waals surface area contributed by atoms with Gasteiger partial charge in [0, 0.05) is 17.7 Å². The second-order valence-corrected chi connectivity index (χ2v) is 11.3. The van der Waals surface area contributed by atoms with Crippen LogP contribution in [0.2, 0.25) is 0 Å². The van der Waals surface area contributed by atoms with Crippen molar-refractivity contribution in [2.24, 2.45) is 5.73 Å². The zero-order valence-corrected chi connectivity index (χ0v) is 24.4. The van der Waals surface area contributed by atoms with Gasteiger partial charge in [0.05, 0.1) is 11.1 Å². The zero-order chi connectivity index (χ0) is 30.5. The number of nitrogens with zero attached hydrogens (tertiary/aromatic N) is 1. The first kappa shape index (κ1) is 30.4. The quantitative estimate of drug-likeness (QED) is 0.185. The van der Waals surface area contributed by atoms with Crippen molar-refractivity contribution >= 4 is 17.6 Å². The lowest BCUT2D eigenvalue weighted by Crippen LogP contribution is -2.28. The number of halogens is 2. The number of nitrogens with one attached hydrogen (secondary N) is 2. The Morgan fingerprint density at radius 1 is 0.907 bits per heavy atom. The van der Waals surface area contributed by atoms with E-state index in [4.69, 9.17) is 10.7 Å². The molecule has 0 spiro atoms. The molecule has 2 aliphatic rings. The molecule has 1 aliphatic heterocycles. The van der Waals surface area contributed by atoms with Crippen LogP contribution in [-0.2, 0) is 10.2 Å². The fourth-order valence-corrected chi connectivity index (χ4v) is 5.41. The van der Waals surface area contributed by atoms with Crippen molar-refractivity contribution in [2.45, 2.75) is 76.4 Å². The standard InChI is InChI=1S/C33H38F2N4O4/c1-22-12-15-28(39-31(41)32(16-17-32)25-13-14-26-27(21-25)43-33(34,35)42-26)38-29(22)23-10-9-11-24(20-23)30(40)37-19-8-6-4-2-3-5-7-18-36/h9-15,20-21H,2-8,16-19,36H2,1H3,(H,37,40)(H,38,39,41). The lowest BCUT2D eigenvalue weighted by molar-refractivity contribution is -0.286. The molecule has 0 radical (unpaired) electrons. The molecule has 10 heteroatoms. The molecule has 1 saturated carbocycles. The highest BCUT2D eigenvalue weighted by Crippen LogP contribution is 2.52. The van der Waals surface area contributed by atoms with Gasteiger partial charge in [-0.1, -0.05) is 56.4 Å². The van der Waals surface area contributed by atoms with Crippen LogP contribution in [0.25, 0.3) is 11.3 Å². The Kier molecular flexibility index (Phi) is 9.25. The van der Waals surface area contributed by atoms with E-state index in [9.17, 15) is 18.4 Å². The number of rotatable bonds is 14. The number of hydrogen-bond acceptors (Lipinski definition) is 6. The lowest BCUT2D eigenvalue weighted by atomic mass is 9.94. The number of anilines is 1. The van der Waals surface area contributed by atoms with Crippen molar-refractivity contribution in [1.29, 1.82) is 0 Å². The van der Waals surface area contributed by atoms with E-state index in [1.54, 1.807) is 24.3 Å². The number of fused-ring (bicyclic) bond motifs is 1. The van der Waals surface area contributed by atoms with Crippen LogP contribution in [0, 0.1) is 6.92 Å². The molecule has 0 saturated heterocycles. The minimum Gasteiger partial charge on any atom is -0.395 e. The summed E-state index contributed by atoms with van der Waals surface area (Å²) in [7, 11) is 0. The van der Waals surface area contributed by atoms with Gasteiger partial charge < -0.3 is 25.8 Å². The Hall–Kier alpha value is -4.05. The molecular formula is C33H38F2N4O4. The summed E-state index contributed by atoms with van der Waals surface area (Å²) in [4.78, 5) is 30.9. The van der Waals surface area contributed by atoms with Crippen molar-refractivity contribution in [3.8, 4) is 22.8 Å². The molecule has 1 aromatic heterocycles. The van der Waals surface area contributed by atoms with Crippen molar-refractivity contribution in [3.63, 3.8) is 0 Å². The summed E-state index contributed by atoms with van der Waals surface area (Å²) in [6.45, 7) is 3.30. The molecule has 0 atom stereocenters. The van der Waals surface area contributed by atoms with Crippen LogP contribution in [0.3, 0.4) is 0 Å². The van der Waals surface area contributed by atoms with E-state index >= 15 is 0 Å². The van der Waals surface area contributed by atoms with Crippen molar-refractivity contribution in [3.05, 3.63) is 71.3 Å². The second kappa shape index (κ2) is 13.1. The van der Waals surface area contributed by atoms with E-state index in [0.717, 1.165) is 43.4 Å². The number of carbonyl (C=O) groups is 2. The van der Waals surface area contributed by atoms with Gasteiger partial charge in [-0.3, -0.25) is 9.59 Å². The van der Waals surface area contributed by atoms with Gasteiger partial charge in [-0.05, 0) is 80.6 Å². The van der Waals surface area contributed by atoms with Gasteiger partial charge in [0.1, 0.15) is 5.82 Å². The molecule has 2 amide bonds. The molecule has 228 valence electrons. The maximum Gasteiger partial charge on any atom is 0.586 e. The highest BCUT2D eigenvalue weighted by Gasteiger charge is 2.53. The molecule has 2 heterocycles. The number of hydrogen-bond donors (Lipinski definition) is 3. The first-order valence-electron chi connectivity index (χ1n) is 15.0. The number of amides is 2. The maximum absolute atomic E-state index is 13.5. The Morgan fingerprint density at radius 2 is 1.63 bits per heavy atom. The number of pyridine rings is 1. The Bertz CT molecular complexity index is 1480. The van der Waals surface area contributed by atoms with Gasteiger partial charge in [-0.25, -0.2) is 4.98 Å². The van der Waals surface area contributed by atoms with Crippen molar-refractivity contribution < 1.29 is 27.8 Å². The van der Waals surface area contributed by atoms with Gasteiger partial charge >= 0.3 is 6.29 Å². The van der Waals surface area contributed by atoms with E-state index < -0.39 is 11.7 Å². The van der Waals surface area contributed by atoms with Crippen LogP contribution in [-0.4, -0.2) is 36.2 Å². The van der Waals surface area contributed by atoms with Gasteiger partial charge in [0.15, 0.2) is 11.5 Å². The molecule has 5 rings (SSSR count). The number of benzene rings is 2. The summed E-state index contributed by atoms with van der Waals surface area (Å²) in [5.41, 5.74) is 8.10. The number of carbonyl (C=O) groups excluding carboxylic acids is 2. The molecule has 1 fully saturated rings.